The van der Waals surface area contributed by atoms with Crippen LogP contribution >= 0.6 is 0 Å². The highest BCUT2D eigenvalue weighted by Gasteiger charge is 2.15. The SMILES string of the molecule is CN1CCN(c2ccnc(-c3ccc(N)c(-c4ccccc4)c3)c2)CC1. The zero-order valence-corrected chi connectivity index (χ0v) is 15.1. The van der Waals surface area contributed by atoms with E-state index >= 15 is 0 Å². The summed E-state index contributed by atoms with van der Waals surface area (Å²) in [5.74, 6) is 0. The van der Waals surface area contributed by atoms with E-state index in [1.807, 2.05) is 30.5 Å². The average Bonchev–Trinajstić information content (AvgIpc) is 2.70. The van der Waals surface area contributed by atoms with Crippen molar-refractivity contribution in [1.82, 2.24) is 9.88 Å². The van der Waals surface area contributed by atoms with E-state index in [1.54, 1.807) is 0 Å². The smallest absolute Gasteiger partial charge is 0.0722 e. The van der Waals surface area contributed by atoms with Crippen LogP contribution in [0.25, 0.3) is 22.4 Å². The maximum Gasteiger partial charge on any atom is 0.0722 e. The molecule has 0 spiro atoms. The first-order valence-electron chi connectivity index (χ1n) is 9.05. The minimum Gasteiger partial charge on any atom is -0.398 e. The zero-order chi connectivity index (χ0) is 17.9. The molecule has 0 radical (unpaired) electrons. The predicted octanol–water partition coefficient (Wildman–Crippen LogP) is 3.75. The fourth-order valence-electron chi connectivity index (χ4n) is 3.42. The number of piperazine rings is 1. The summed E-state index contributed by atoms with van der Waals surface area (Å²) in [7, 11) is 2.18. The summed E-state index contributed by atoms with van der Waals surface area (Å²) in [6, 6.07) is 20.7. The topological polar surface area (TPSA) is 45.4 Å². The minimum atomic E-state index is 0.787. The Morgan fingerprint density at radius 1 is 0.846 bits per heavy atom. The highest BCUT2D eigenvalue weighted by molar-refractivity contribution is 5.81. The monoisotopic (exact) mass is 344 g/mol. The van der Waals surface area contributed by atoms with Gasteiger partial charge in [0.05, 0.1) is 5.69 Å². The molecule has 1 fully saturated rings. The van der Waals surface area contributed by atoms with Gasteiger partial charge in [0.15, 0.2) is 0 Å². The van der Waals surface area contributed by atoms with Crippen molar-refractivity contribution in [2.45, 2.75) is 0 Å². The first-order chi connectivity index (χ1) is 12.7. The summed E-state index contributed by atoms with van der Waals surface area (Å²) < 4.78 is 0. The first kappa shape index (κ1) is 16.6. The molecule has 3 aromatic rings. The van der Waals surface area contributed by atoms with Crippen molar-refractivity contribution in [2.75, 3.05) is 43.9 Å². The van der Waals surface area contributed by atoms with Crippen molar-refractivity contribution < 1.29 is 0 Å². The highest BCUT2D eigenvalue weighted by atomic mass is 15.2. The van der Waals surface area contributed by atoms with Gasteiger partial charge in [0.1, 0.15) is 0 Å². The van der Waals surface area contributed by atoms with E-state index in [0.29, 0.717) is 0 Å². The van der Waals surface area contributed by atoms with Crippen molar-refractivity contribution in [3.05, 3.63) is 66.9 Å². The van der Waals surface area contributed by atoms with Crippen molar-refractivity contribution in [2.24, 2.45) is 0 Å². The van der Waals surface area contributed by atoms with Gasteiger partial charge in [-0.05, 0) is 36.9 Å². The third kappa shape index (κ3) is 3.41. The Balaban J connectivity index is 1.67. The molecule has 1 aliphatic rings. The van der Waals surface area contributed by atoms with Crippen LogP contribution in [0.5, 0.6) is 0 Å². The normalized spacial score (nSPS) is 15.2. The number of nitrogens with two attached hydrogens (primary N) is 1. The lowest BCUT2D eigenvalue weighted by Crippen LogP contribution is -2.44. The lowest BCUT2D eigenvalue weighted by Gasteiger charge is -2.34. The van der Waals surface area contributed by atoms with Crippen LogP contribution in [-0.2, 0) is 0 Å². The summed E-state index contributed by atoms with van der Waals surface area (Å²) in [6.07, 6.45) is 1.90. The third-order valence-corrected chi connectivity index (χ3v) is 5.05. The van der Waals surface area contributed by atoms with Gasteiger partial charge in [0.25, 0.3) is 0 Å². The van der Waals surface area contributed by atoms with Crippen LogP contribution in [0.15, 0.2) is 66.9 Å². The molecular weight excluding hydrogens is 320 g/mol. The van der Waals surface area contributed by atoms with Crippen LogP contribution in [0.2, 0.25) is 0 Å². The zero-order valence-electron chi connectivity index (χ0n) is 15.1. The number of aromatic nitrogens is 1. The molecule has 2 aromatic carbocycles. The second kappa shape index (κ2) is 7.18. The molecular formula is C22H24N4. The summed E-state index contributed by atoms with van der Waals surface area (Å²) in [5, 5.41) is 0. The molecule has 2 N–H and O–H groups in total. The maximum absolute atomic E-state index is 6.23. The summed E-state index contributed by atoms with van der Waals surface area (Å²) in [6.45, 7) is 4.29. The van der Waals surface area contributed by atoms with E-state index in [4.69, 9.17) is 5.73 Å². The van der Waals surface area contributed by atoms with Gasteiger partial charge in [-0.1, -0.05) is 36.4 Å². The molecule has 0 saturated carbocycles. The van der Waals surface area contributed by atoms with E-state index < -0.39 is 0 Å². The third-order valence-electron chi connectivity index (χ3n) is 5.05. The van der Waals surface area contributed by atoms with E-state index in [2.05, 4.69) is 58.2 Å². The van der Waals surface area contributed by atoms with Gasteiger partial charge in [-0.3, -0.25) is 4.98 Å². The Hall–Kier alpha value is -2.85. The Morgan fingerprint density at radius 2 is 1.62 bits per heavy atom. The van der Waals surface area contributed by atoms with E-state index in [0.717, 1.165) is 54.3 Å². The molecule has 26 heavy (non-hydrogen) atoms. The van der Waals surface area contributed by atoms with Gasteiger partial charge in [0, 0.05) is 54.9 Å². The summed E-state index contributed by atoms with van der Waals surface area (Å²) in [5.41, 5.74) is 12.5. The largest absolute Gasteiger partial charge is 0.398 e. The molecule has 1 aromatic heterocycles. The van der Waals surface area contributed by atoms with E-state index in [9.17, 15) is 0 Å². The van der Waals surface area contributed by atoms with Crippen LogP contribution in [0.3, 0.4) is 0 Å². The van der Waals surface area contributed by atoms with Crippen LogP contribution in [0.4, 0.5) is 11.4 Å². The summed E-state index contributed by atoms with van der Waals surface area (Å²) >= 11 is 0. The second-order valence-corrected chi connectivity index (χ2v) is 6.86. The molecule has 4 rings (SSSR count). The number of nitrogen functional groups attached to an aromatic ring is 1. The number of hydrogen-bond acceptors (Lipinski definition) is 4. The maximum atomic E-state index is 6.23. The van der Waals surface area contributed by atoms with E-state index in [1.165, 1.54) is 5.69 Å². The molecule has 0 aliphatic carbocycles. The van der Waals surface area contributed by atoms with Crippen molar-refractivity contribution in [3.8, 4) is 22.4 Å². The number of nitrogens with zero attached hydrogens (tertiary/aromatic N) is 3. The van der Waals surface area contributed by atoms with Gasteiger partial charge in [-0.25, -0.2) is 0 Å². The molecule has 0 atom stereocenters. The molecule has 132 valence electrons. The van der Waals surface area contributed by atoms with Crippen molar-refractivity contribution in [1.29, 1.82) is 0 Å². The fraction of sp³-hybridized carbons (Fsp3) is 0.227. The van der Waals surface area contributed by atoms with Crippen LogP contribution in [0, 0.1) is 0 Å². The van der Waals surface area contributed by atoms with Crippen LogP contribution in [-0.4, -0.2) is 43.1 Å². The van der Waals surface area contributed by atoms with Gasteiger partial charge < -0.3 is 15.5 Å². The molecule has 4 nitrogen and oxygen atoms in total. The Labute approximate surface area is 154 Å². The second-order valence-electron chi connectivity index (χ2n) is 6.86. The van der Waals surface area contributed by atoms with Crippen LogP contribution < -0.4 is 10.6 Å². The van der Waals surface area contributed by atoms with E-state index in [-0.39, 0.29) is 0 Å². The van der Waals surface area contributed by atoms with Crippen molar-refractivity contribution in [3.63, 3.8) is 0 Å². The first-order valence-corrected chi connectivity index (χ1v) is 9.05. The number of hydrogen-bond donors (Lipinski definition) is 1. The quantitative estimate of drug-likeness (QED) is 0.735. The molecule has 0 amide bonds. The minimum absolute atomic E-state index is 0.787. The average molecular weight is 344 g/mol. The molecule has 0 unspecified atom stereocenters. The Morgan fingerprint density at radius 3 is 2.38 bits per heavy atom. The van der Waals surface area contributed by atoms with Crippen molar-refractivity contribution >= 4 is 11.4 Å². The van der Waals surface area contributed by atoms with Gasteiger partial charge >= 0.3 is 0 Å². The Kier molecular flexibility index (Phi) is 4.59. The number of likely N-dealkylation sites (N-methyl/N-ethyl adjacent to an activating group) is 1. The molecule has 0 bridgehead atoms. The standard InChI is InChI=1S/C22H24N4/c1-25-11-13-26(14-12-25)19-9-10-24-22(16-19)18-7-8-21(23)20(15-18)17-5-3-2-4-6-17/h2-10,15-16H,11-14,23H2,1H3. The highest BCUT2D eigenvalue weighted by Crippen LogP contribution is 2.31. The van der Waals surface area contributed by atoms with Crippen LogP contribution in [0.1, 0.15) is 0 Å². The number of benzene rings is 2. The Bertz CT molecular complexity index is 884. The number of anilines is 2. The fourth-order valence-corrected chi connectivity index (χ4v) is 3.42. The molecule has 2 heterocycles. The molecule has 1 saturated heterocycles. The molecule has 4 heteroatoms. The van der Waals surface area contributed by atoms with Gasteiger partial charge in [-0.2, -0.15) is 0 Å². The lowest BCUT2D eigenvalue weighted by atomic mass is 9.99. The summed E-state index contributed by atoms with van der Waals surface area (Å²) in [4.78, 5) is 9.40. The predicted molar refractivity (Wildman–Crippen MR) is 109 cm³/mol. The van der Waals surface area contributed by atoms with Gasteiger partial charge in [-0.15, -0.1) is 0 Å². The van der Waals surface area contributed by atoms with Gasteiger partial charge in [0.2, 0.25) is 0 Å². The number of rotatable bonds is 3. The number of pyridine rings is 1. The molecule has 1 aliphatic heterocycles. The lowest BCUT2D eigenvalue weighted by molar-refractivity contribution is 0.313.